The SMILES string of the molecule is CCCC(C)(CC(=O)O)n1cc(-c2ncnc3c2ccn3COCC[Si](C)(C)C)cn1. The molecule has 0 saturated heterocycles. The van der Waals surface area contributed by atoms with Crippen LogP contribution in [0.4, 0.5) is 0 Å². The molecule has 0 bridgehead atoms. The molecule has 1 atom stereocenters. The first-order chi connectivity index (χ1) is 14.6. The molecule has 3 aromatic rings. The second-order valence-electron chi connectivity index (χ2n) is 9.58. The number of rotatable bonds is 11. The normalized spacial score (nSPS) is 14.1. The fourth-order valence-corrected chi connectivity index (χ4v) is 4.52. The van der Waals surface area contributed by atoms with E-state index < -0.39 is 19.6 Å². The Morgan fingerprint density at radius 1 is 1.29 bits per heavy atom. The van der Waals surface area contributed by atoms with Crippen molar-refractivity contribution >= 4 is 25.1 Å². The van der Waals surface area contributed by atoms with Crippen molar-refractivity contribution < 1.29 is 14.6 Å². The Balaban J connectivity index is 1.84. The second-order valence-corrected chi connectivity index (χ2v) is 15.2. The molecule has 3 rings (SSSR count). The number of hydrogen-bond acceptors (Lipinski definition) is 5. The Labute approximate surface area is 184 Å². The van der Waals surface area contributed by atoms with Crippen LogP contribution < -0.4 is 0 Å². The lowest BCUT2D eigenvalue weighted by atomic mass is 9.92. The minimum atomic E-state index is -1.12. The summed E-state index contributed by atoms with van der Waals surface area (Å²) in [6.45, 7) is 12.2. The zero-order valence-electron chi connectivity index (χ0n) is 19.1. The third kappa shape index (κ3) is 5.59. The number of nitrogens with zero attached hydrogens (tertiary/aromatic N) is 5. The maximum atomic E-state index is 11.4. The highest BCUT2D eigenvalue weighted by atomic mass is 28.3. The third-order valence-electron chi connectivity index (χ3n) is 5.51. The number of hydrogen-bond donors (Lipinski definition) is 1. The summed E-state index contributed by atoms with van der Waals surface area (Å²) < 4.78 is 9.64. The molecule has 1 N–H and O–H groups in total. The van der Waals surface area contributed by atoms with Gasteiger partial charge in [-0.15, -0.1) is 0 Å². The Hall–Kier alpha value is -2.52. The van der Waals surface area contributed by atoms with Crippen molar-refractivity contribution in [1.29, 1.82) is 0 Å². The van der Waals surface area contributed by atoms with E-state index in [4.69, 9.17) is 4.74 Å². The number of carbonyl (C=O) groups is 1. The highest BCUT2D eigenvalue weighted by Gasteiger charge is 2.30. The summed E-state index contributed by atoms with van der Waals surface area (Å²) in [7, 11) is -1.12. The van der Waals surface area contributed by atoms with Crippen LogP contribution in [-0.4, -0.2) is 50.1 Å². The van der Waals surface area contributed by atoms with Gasteiger partial charge in [-0.05, 0) is 25.5 Å². The summed E-state index contributed by atoms with van der Waals surface area (Å²) in [6.07, 6.45) is 8.78. The molecule has 9 heteroatoms. The maximum absolute atomic E-state index is 11.4. The molecule has 31 heavy (non-hydrogen) atoms. The summed E-state index contributed by atoms with van der Waals surface area (Å²) in [4.78, 5) is 20.4. The largest absolute Gasteiger partial charge is 0.481 e. The van der Waals surface area contributed by atoms with E-state index in [9.17, 15) is 9.90 Å². The van der Waals surface area contributed by atoms with Crippen molar-refractivity contribution in [3.63, 3.8) is 0 Å². The summed E-state index contributed by atoms with van der Waals surface area (Å²) >= 11 is 0. The van der Waals surface area contributed by atoms with E-state index in [2.05, 4.69) is 34.7 Å². The van der Waals surface area contributed by atoms with E-state index in [-0.39, 0.29) is 6.42 Å². The first kappa shape index (κ1) is 23.1. The van der Waals surface area contributed by atoms with Crippen molar-refractivity contribution in [2.75, 3.05) is 6.61 Å². The molecule has 0 spiro atoms. The van der Waals surface area contributed by atoms with Gasteiger partial charge in [0.25, 0.3) is 0 Å². The average molecular weight is 444 g/mol. The second kappa shape index (κ2) is 9.31. The molecule has 0 amide bonds. The molecule has 168 valence electrons. The van der Waals surface area contributed by atoms with Crippen LogP contribution in [0.1, 0.15) is 33.1 Å². The molecular weight excluding hydrogens is 410 g/mol. The van der Waals surface area contributed by atoms with Crippen molar-refractivity contribution in [1.82, 2.24) is 24.3 Å². The number of ether oxygens (including phenoxy) is 1. The zero-order chi connectivity index (χ0) is 22.6. The Morgan fingerprint density at radius 2 is 2.06 bits per heavy atom. The van der Waals surface area contributed by atoms with Crippen molar-refractivity contribution in [2.24, 2.45) is 0 Å². The number of carboxylic acid groups (broad SMARTS) is 1. The quantitative estimate of drug-likeness (QED) is 0.344. The van der Waals surface area contributed by atoms with Crippen molar-refractivity contribution in [3.05, 3.63) is 31.0 Å². The van der Waals surface area contributed by atoms with E-state index in [1.807, 2.05) is 36.9 Å². The number of carboxylic acids is 1. The third-order valence-corrected chi connectivity index (χ3v) is 7.22. The molecule has 0 aliphatic carbocycles. The van der Waals surface area contributed by atoms with Gasteiger partial charge in [-0.3, -0.25) is 9.48 Å². The van der Waals surface area contributed by atoms with Gasteiger partial charge in [0.2, 0.25) is 0 Å². The van der Waals surface area contributed by atoms with Crippen LogP contribution in [0.15, 0.2) is 31.0 Å². The molecule has 3 aromatic heterocycles. The average Bonchev–Trinajstić information content (AvgIpc) is 3.32. The predicted octanol–water partition coefficient (Wildman–Crippen LogP) is 4.60. The van der Waals surface area contributed by atoms with Crippen LogP contribution in [0, 0.1) is 0 Å². The van der Waals surface area contributed by atoms with Crippen LogP contribution in [0.2, 0.25) is 25.7 Å². The summed E-state index contributed by atoms with van der Waals surface area (Å²) in [5.41, 5.74) is 1.86. The monoisotopic (exact) mass is 443 g/mol. The lowest BCUT2D eigenvalue weighted by Gasteiger charge is -2.28. The van der Waals surface area contributed by atoms with Gasteiger partial charge in [0.05, 0.1) is 23.9 Å². The van der Waals surface area contributed by atoms with Crippen LogP contribution in [-0.2, 0) is 21.8 Å². The molecule has 3 heterocycles. The van der Waals surface area contributed by atoms with Crippen molar-refractivity contribution in [3.8, 4) is 11.3 Å². The minimum absolute atomic E-state index is 0.0201. The number of aromatic nitrogens is 5. The van der Waals surface area contributed by atoms with E-state index in [0.29, 0.717) is 6.73 Å². The van der Waals surface area contributed by atoms with Gasteiger partial charge in [0.1, 0.15) is 18.7 Å². The molecule has 0 fully saturated rings. The van der Waals surface area contributed by atoms with Gasteiger partial charge in [-0.2, -0.15) is 5.10 Å². The molecule has 0 aliphatic rings. The van der Waals surface area contributed by atoms with E-state index >= 15 is 0 Å². The van der Waals surface area contributed by atoms with Crippen LogP contribution in [0.3, 0.4) is 0 Å². The van der Waals surface area contributed by atoms with E-state index in [0.717, 1.165) is 47.8 Å². The highest BCUT2D eigenvalue weighted by Crippen LogP contribution is 2.30. The molecule has 0 aromatic carbocycles. The first-order valence-electron chi connectivity index (χ1n) is 10.8. The maximum Gasteiger partial charge on any atom is 0.305 e. The molecule has 0 aliphatic heterocycles. The van der Waals surface area contributed by atoms with Gasteiger partial charge in [-0.1, -0.05) is 33.0 Å². The van der Waals surface area contributed by atoms with Gasteiger partial charge in [0.15, 0.2) is 0 Å². The smallest absolute Gasteiger partial charge is 0.305 e. The minimum Gasteiger partial charge on any atom is -0.481 e. The lowest BCUT2D eigenvalue weighted by molar-refractivity contribution is -0.139. The van der Waals surface area contributed by atoms with Gasteiger partial charge in [-0.25, -0.2) is 9.97 Å². The summed E-state index contributed by atoms with van der Waals surface area (Å²) in [6, 6.07) is 3.12. The number of fused-ring (bicyclic) bond motifs is 1. The fourth-order valence-electron chi connectivity index (χ4n) is 3.77. The topological polar surface area (TPSA) is 95.1 Å². The lowest BCUT2D eigenvalue weighted by Crippen LogP contribution is -2.33. The van der Waals surface area contributed by atoms with Gasteiger partial charge < -0.3 is 14.4 Å². The van der Waals surface area contributed by atoms with E-state index in [1.54, 1.807) is 17.2 Å². The molecule has 0 saturated carbocycles. The molecular formula is C22H33N5O3Si. The predicted molar refractivity (Wildman–Crippen MR) is 124 cm³/mol. The van der Waals surface area contributed by atoms with Crippen LogP contribution in [0.25, 0.3) is 22.3 Å². The molecule has 0 radical (unpaired) electrons. The van der Waals surface area contributed by atoms with Crippen LogP contribution >= 0.6 is 0 Å². The highest BCUT2D eigenvalue weighted by molar-refractivity contribution is 6.76. The van der Waals surface area contributed by atoms with Crippen molar-refractivity contribution in [2.45, 2.75) is 71.1 Å². The number of aliphatic carboxylic acids is 1. The van der Waals surface area contributed by atoms with E-state index in [1.165, 1.54) is 0 Å². The van der Waals surface area contributed by atoms with Gasteiger partial charge in [0, 0.05) is 38.0 Å². The standard InChI is InChI=1S/C22H33N5O3Si/c1-6-8-22(2,12-19(28)29)27-14-17(13-25-27)20-18-7-9-26(21(18)24-15-23-20)16-30-10-11-31(3,4)5/h7,9,13-15H,6,8,10-12,16H2,1-5H3,(H,28,29). The Morgan fingerprint density at radius 3 is 2.74 bits per heavy atom. The molecule has 8 nitrogen and oxygen atoms in total. The van der Waals surface area contributed by atoms with Gasteiger partial charge >= 0.3 is 5.97 Å². The first-order valence-corrected chi connectivity index (χ1v) is 14.5. The van der Waals surface area contributed by atoms with Crippen LogP contribution in [0.5, 0.6) is 0 Å². The Kier molecular flexibility index (Phi) is 6.95. The molecule has 1 unspecified atom stereocenters. The zero-order valence-corrected chi connectivity index (χ0v) is 20.1. The Bertz CT molecular complexity index is 1040. The summed E-state index contributed by atoms with van der Waals surface area (Å²) in [5, 5.41) is 14.8. The summed E-state index contributed by atoms with van der Waals surface area (Å²) in [5.74, 6) is -0.830. The fraction of sp³-hybridized carbons (Fsp3) is 0.545.